The second-order valence-corrected chi connectivity index (χ2v) is 6.49. The molecule has 3 rings (SSSR count). The monoisotopic (exact) mass is 303 g/mol. The van der Waals surface area contributed by atoms with Gasteiger partial charge in [-0.2, -0.15) is 5.10 Å². The van der Waals surface area contributed by atoms with Crippen molar-refractivity contribution in [3.63, 3.8) is 0 Å². The topological polar surface area (TPSA) is 58.4 Å². The highest BCUT2D eigenvalue weighted by atomic mass is 16.4. The third-order valence-corrected chi connectivity index (χ3v) is 4.77. The third kappa shape index (κ3) is 3.77. The van der Waals surface area contributed by atoms with Gasteiger partial charge in [-0.05, 0) is 51.1 Å². The zero-order valence-corrected chi connectivity index (χ0v) is 13.1. The minimum atomic E-state index is -0.829. The molecule has 1 N–H and O–H groups in total. The summed E-state index contributed by atoms with van der Waals surface area (Å²) in [6.07, 6.45) is 11.6. The van der Waals surface area contributed by atoms with E-state index in [1.54, 1.807) is 16.5 Å². The number of nitrogens with zero attached hydrogens (tertiary/aromatic N) is 3. The van der Waals surface area contributed by atoms with Gasteiger partial charge in [0.15, 0.2) is 0 Å². The standard InChI is InChI=1S/C17H25N3O2/c21-17(22)13-20-16(8-9-18-20)15-7-4-10-19(12-15)11-14-5-2-1-3-6-14/h5,8-9,15H,1-4,6-7,10-13H2,(H,21,22)/t15-/m0/s1. The zero-order valence-electron chi connectivity index (χ0n) is 13.1. The Morgan fingerprint density at radius 3 is 3.05 bits per heavy atom. The molecule has 1 saturated heterocycles. The lowest BCUT2D eigenvalue weighted by molar-refractivity contribution is -0.137. The summed E-state index contributed by atoms with van der Waals surface area (Å²) in [5, 5.41) is 13.2. The Hall–Kier alpha value is -1.62. The maximum atomic E-state index is 10.9. The van der Waals surface area contributed by atoms with Gasteiger partial charge in [0, 0.05) is 30.9 Å². The first-order chi connectivity index (χ1) is 10.7. The van der Waals surface area contributed by atoms with Crippen molar-refractivity contribution >= 4 is 5.97 Å². The predicted molar refractivity (Wildman–Crippen MR) is 84.8 cm³/mol. The van der Waals surface area contributed by atoms with E-state index < -0.39 is 5.97 Å². The van der Waals surface area contributed by atoms with Crippen molar-refractivity contribution in [2.45, 2.75) is 51.0 Å². The van der Waals surface area contributed by atoms with Crippen LogP contribution in [0.1, 0.15) is 50.1 Å². The average molecular weight is 303 g/mol. The number of allylic oxidation sites excluding steroid dienone is 1. The Bertz CT molecular complexity index is 550. The molecule has 2 aliphatic rings. The van der Waals surface area contributed by atoms with Crippen LogP contribution in [-0.4, -0.2) is 45.4 Å². The molecule has 5 heteroatoms. The maximum absolute atomic E-state index is 10.9. The molecular weight excluding hydrogens is 278 g/mol. The van der Waals surface area contributed by atoms with Gasteiger partial charge < -0.3 is 5.11 Å². The lowest BCUT2D eigenvalue weighted by Crippen LogP contribution is -2.36. The number of carbonyl (C=O) groups is 1. The summed E-state index contributed by atoms with van der Waals surface area (Å²) < 4.78 is 1.65. The molecular formula is C17H25N3O2. The van der Waals surface area contributed by atoms with Crippen LogP contribution in [0.15, 0.2) is 23.9 Å². The number of carboxylic acid groups (broad SMARTS) is 1. The Labute approximate surface area is 131 Å². The van der Waals surface area contributed by atoms with Gasteiger partial charge in [-0.3, -0.25) is 14.4 Å². The SMILES string of the molecule is O=C(O)Cn1nccc1[C@H]1CCCN(CC2=CCCCC2)C1. The second kappa shape index (κ2) is 7.09. The van der Waals surface area contributed by atoms with E-state index in [-0.39, 0.29) is 6.54 Å². The highest BCUT2D eigenvalue weighted by molar-refractivity contribution is 5.66. The molecule has 2 heterocycles. The number of carboxylic acids is 1. The van der Waals surface area contributed by atoms with Crippen molar-refractivity contribution in [3.05, 3.63) is 29.6 Å². The summed E-state index contributed by atoms with van der Waals surface area (Å²) in [4.78, 5) is 13.5. The first-order valence-corrected chi connectivity index (χ1v) is 8.36. The Balaban J connectivity index is 1.64. The van der Waals surface area contributed by atoms with Gasteiger partial charge in [-0.1, -0.05) is 11.6 Å². The molecule has 1 aliphatic heterocycles. The number of likely N-dealkylation sites (tertiary alicyclic amines) is 1. The van der Waals surface area contributed by atoms with Crippen LogP contribution in [0.3, 0.4) is 0 Å². The molecule has 120 valence electrons. The van der Waals surface area contributed by atoms with Gasteiger partial charge in [0.05, 0.1) is 0 Å². The van der Waals surface area contributed by atoms with Crippen LogP contribution < -0.4 is 0 Å². The van der Waals surface area contributed by atoms with E-state index in [0.29, 0.717) is 5.92 Å². The van der Waals surface area contributed by atoms with Crippen LogP contribution in [-0.2, 0) is 11.3 Å². The van der Waals surface area contributed by atoms with Crippen molar-refractivity contribution in [2.75, 3.05) is 19.6 Å². The molecule has 22 heavy (non-hydrogen) atoms. The maximum Gasteiger partial charge on any atom is 0.325 e. The smallest absolute Gasteiger partial charge is 0.325 e. The molecule has 0 aromatic carbocycles. The molecule has 0 spiro atoms. The van der Waals surface area contributed by atoms with E-state index in [0.717, 1.165) is 31.7 Å². The molecule has 1 aromatic rings. The van der Waals surface area contributed by atoms with E-state index in [9.17, 15) is 4.79 Å². The quantitative estimate of drug-likeness (QED) is 0.850. The summed E-state index contributed by atoms with van der Waals surface area (Å²) in [6, 6.07) is 1.98. The van der Waals surface area contributed by atoms with Crippen LogP contribution in [0, 0.1) is 0 Å². The number of aliphatic carboxylic acids is 1. The first-order valence-electron chi connectivity index (χ1n) is 8.36. The van der Waals surface area contributed by atoms with Gasteiger partial charge in [0.2, 0.25) is 0 Å². The summed E-state index contributed by atoms with van der Waals surface area (Å²) in [5.41, 5.74) is 2.66. The molecule has 1 aromatic heterocycles. The fraction of sp³-hybridized carbons (Fsp3) is 0.647. The fourth-order valence-electron chi connectivity index (χ4n) is 3.73. The number of hydrogen-bond donors (Lipinski definition) is 1. The van der Waals surface area contributed by atoms with E-state index in [4.69, 9.17) is 5.11 Å². The molecule has 1 fully saturated rings. The van der Waals surface area contributed by atoms with Gasteiger partial charge in [0.25, 0.3) is 0 Å². The largest absolute Gasteiger partial charge is 0.480 e. The molecule has 0 unspecified atom stereocenters. The highest BCUT2D eigenvalue weighted by Crippen LogP contribution is 2.28. The van der Waals surface area contributed by atoms with Crippen molar-refractivity contribution in [1.29, 1.82) is 0 Å². The number of aromatic nitrogens is 2. The van der Waals surface area contributed by atoms with Crippen LogP contribution >= 0.6 is 0 Å². The number of hydrogen-bond acceptors (Lipinski definition) is 3. The van der Waals surface area contributed by atoms with Crippen LogP contribution in [0.25, 0.3) is 0 Å². The molecule has 1 aliphatic carbocycles. The van der Waals surface area contributed by atoms with Gasteiger partial charge >= 0.3 is 5.97 Å². The normalized spacial score (nSPS) is 23.3. The summed E-state index contributed by atoms with van der Waals surface area (Å²) >= 11 is 0. The lowest BCUT2D eigenvalue weighted by atomic mass is 9.93. The summed E-state index contributed by atoms with van der Waals surface area (Å²) in [7, 11) is 0. The average Bonchev–Trinajstić information content (AvgIpc) is 2.96. The minimum Gasteiger partial charge on any atom is -0.480 e. The Morgan fingerprint density at radius 1 is 1.36 bits per heavy atom. The van der Waals surface area contributed by atoms with E-state index in [1.165, 1.54) is 32.1 Å². The second-order valence-electron chi connectivity index (χ2n) is 6.49. The van der Waals surface area contributed by atoms with Gasteiger partial charge in [-0.15, -0.1) is 0 Å². The molecule has 0 amide bonds. The van der Waals surface area contributed by atoms with E-state index in [2.05, 4.69) is 16.1 Å². The Kier molecular flexibility index (Phi) is 4.93. The first kappa shape index (κ1) is 15.3. The number of rotatable bonds is 5. The van der Waals surface area contributed by atoms with Crippen LogP contribution in [0.2, 0.25) is 0 Å². The molecule has 1 atom stereocenters. The van der Waals surface area contributed by atoms with Crippen LogP contribution in [0.4, 0.5) is 0 Å². The number of piperidine rings is 1. The Morgan fingerprint density at radius 2 is 2.27 bits per heavy atom. The molecule has 5 nitrogen and oxygen atoms in total. The summed E-state index contributed by atoms with van der Waals surface area (Å²) in [5.74, 6) is -0.426. The lowest BCUT2D eigenvalue weighted by Gasteiger charge is -2.34. The fourth-order valence-corrected chi connectivity index (χ4v) is 3.73. The highest BCUT2D eigenvalue weighted by Gasteiger charge is 2.25. The zero-order chi connectivity index (χ0) is 15.4. The molecule has 0 radical (unpaired) electrons. The predicted octanol–water partition coefficient (Wildman–Crippen LogP) is 2.65. The van der Waals surface area contributed by atoms with E-state index >= 15 is 0 Å². The van der Waals surface area contributed by atoms with E-state index in [1.807, 2.05) is 6.07 Å². The third-order valence-electron chi connectivity index (χ3n) is 4.77. The summed E-state index contributed by atoms with van der Waals surface area (Å²) in [6.45, 7) is 3.22. The minimum absolute atomic E-state index is 0.0377. The van der Waals surface area contributed by atoms with Crippen LogP contribution in [0.5, 0.6) is 0 Å². The van der Waals surface area contributed by atoms with Crippen molar-refractivity contribution in [1.82, 2.24) is 14.7 Å². The van der Waals surface area contributed by atoms with Crippen molar-refractivity contribution < 1.29 is 9.90 Å². The van der Waals surface area contributed by atoms with Crippen molar-refractivity contribution in [2.24, 2.45) is 0 Å². The molecule has 0 saturated carbocycles. The molecule has 0 bridgehead atoms. The van der Waals surface area contributed by atoms with Gasteiger partial charge in [0.1, 0.15) is 6.54 Å². The van der Waals surface area contributed by atoms with Gasteiger partial charge in [-0.25, -0.2) is 0 Å². The van der Waals surface area contributed by atoms with Crippen molar-refractivity contribution in [3.8, 4) is 0 Å².